The van der Waals surface area contributed by atoms with Crippen LogP contribution in [0.25, 0.3) is 0 Å². The number of carbonyl (C=O) groups excluding carboxylic acids is 1. The van der Waals surface area contributed by atoms with Crippen molar-refractivity contribution in [2.24, 2.45) is 11.8 Å². The zero-order chi connectivity index (χ0) is 17.1. The molecular formula is C21H23NO3. The number of rotatable bonds is 4. The second kappa shape index (κ2) is 7.18. The lowest BCUT2D eigenvalue weighted by Crippen LogP contribution is -2.31. The summed E-state index contributed by atoms with van der Waals surface area (Å²) in [7, 11) is 0. The first kappa shape index (κ1) is 16.0. The van der Waals surface area contributed by atoms with Crippen LogP contribution in [0.5, 0.6) is 5.75 Å². The van der Waals surface area contributed by atoms with E-state index in [9.17, 15) is 4.79 Å². The summed E-state index contributed by atoms with van der Waals surface area (Å²) in [4.78, 5) is 14.2. The van der Waals surface area contributed by atoms with Gasteiger partial charge in [-0.2, -0.15) is 0 Å². The van der Waals surface area contributed by atoms with Crippen LogP contribution in [0, 0.1) is 11.8 Å². The normalized spacial score (nSPS) is 24.8. The molecule has 0 aromatic heterocycles. The molecule has 2 fully saturated rings. The van der Waals surface area contributed by atoms with Crippen LogP contribution in [-0.2, 0) is 11.3 Å². The van der Waals surface area contributed by atoms with Crippen LogP contribution < -0.4 is 4.74 Å². The number of hydrogen-bond acceptors (Lipinski definition) is 3. The summed E-state index contributed by atoms with van der Waals surface area (Å²) in [6.45, 7) is 1.91. The van der Waals surface area contributed by atoms with E-state index >= 15 is 0 Å². The number of carbonyl (C=O) groups is 1. The Labute approximate surface area is 148 Å². The largest absolute Gasteiger partial charge is 0.490 e. The van der Waals surface area contributed by atoms with Crippen molar-refractivity contribution in [2.75, 3.05) is 13.1 Å². The average Bonchev–Trinajstić information content (AvgIpc) is 3.20. The number of para-hydroxylation sites is 1. The topological polar surface area (TPSA) is 38.8 Å². The summed E-state index contributed by atoms with van der Waals surface area (Å²) in [6.07, 6.45) is 2.10. The Morgan fingerprint density at radius 3 is 2.16 bits per heavy atom. The lowest BCUT2D eigenvalue weighted by atomic mass is 10.0. The molecule has 1 aliphatic carbocycles. The molecule has 0 N–H and O–H groups in total. The Balaban J connectivity index is 1.25. The van der Waals surface area contributed by atoms with Gasteiger partial charge < -0.3 is 14.4 Å². The molecule has 1 amide bonds. The fraction of sp³-hybridized carbons (Fsp3) is 0.381. The molecule has 1 saturated heterocycles. The Hall–Kier alpha value is -2.49. The summed E-state index contributed by atoms with van der Waals surface area (Å²) in [5, 5.41) is 0. The Morgan fingerprint density at radius 1 is 0.920 bits per heavy atom. The molecule has 25 heavy (non-hydrogen) atoms. The summed E-state index contributed by atoms with van der Waals surface area (Å²) in [5.41, 5.74) is 1.02. The van der Waals surface area contributed by atoms with Gasteiger partial charge in [-0.15, -0.1) is 0 Å². The number of nitrogens with zero attached hydrogens (tertiary/aromatic N) is 1. The molecule has 0 radical (unpaired) electrons. The number of benzene rings is 2. The van der Waals surface area contributed by atoms with Gasteiger partial charge in [-0.05, 0) is 42.4 Å². The van der Waals surface area contributed by atoms with Crippen molar-refractivity contribution in [3.8, 4) is 5.75 Å². The van der Waals surface area contributed by atoms with Gasteiger partial charge in [0.25, 0.3) is 0 Å². The molecule has 2 aromatic rings. The van der Waals surface area contributed by atoms with Crippen LogP contribution in [0.3, 0.4) is 0 Å². The third-order valence-electron chi connectivity index (χ3n) is 5.22. The second-order valence-electron chi connectivity index (χ2n) is 6.99. The monoisotopic (exact) mass is 337 g/mol. The third-order valence-corrected chi connectivity index (χ3v) is 5.22. The predicted molar refractivity (Wildman–Crippen MR) is 95.3 cm³/mol. The highest BCUT2D eigenvalue weighted by atomic mass is 16.6. The van der Waals surface area contributed by atoms with Crippen molar-refractivity contribution >= 4 is 6.09 Å². The first-order valence-corrected chi connectivity index (χ1v) is 8.95. The van der Waals surface area contributed by atoms with Crippen molar-refractivity contribution in [1.29, 1.82) is 0 Å². The highest BCUT2D eigenvalue weighted by molar-refractivity contribution is 5.68. The zero-order valence-electron chi connectivity index (χ0n) is 14.2. The predicted octanol–water partition coefficient (Wildman–Crippen LogP) is 4.11. The van der Waals surface area contributed by atoms with Gasteiger partial charge in [0.15, 0.2) is 0 Å². The van der Waals surface area contributed by atoms with E-state index in [4.69, 9.17) is 9.47 Å². The molecule has 1 aliphatic heterocycles. The minimum Gasteiger partial charge on any atom is -0.490 e. The molecule has 1 heterocycles. The first-order valence-electron chi connectivity index (χ1n) is 8.95. The molecule has 4 rings (SSSR count). The van der Waals surface area contributed by atoms with Crippen molar-refractivity contribution in [3.05, 3.63) is 66.2 Å². The van der Waals surface area contributed by atoms with E-state index in [1.54, 1.807) is 0 Å². The maximum Gasteiger partial charge on any atom is 0.410 e. The fourth-order valence-corrected chi connectivity index (χ4v) is 3.99. The molecule has 130 valence electrons. The summed E-state index contributed by atoms with van der Waals surface area (Å²) in [6, 6.07) is 19.8. The Kier molecular flexibility index (Phi) is 4.59. The molecule has 2 aromatic carbocycles. The highest BCUT2D eigenvalue weighted by Gasteiger charge is 2.43. The number of hydrogen-bond donors (Lipinski definition) is 0. The minimum absolute atomic E-state index is 0.196. The van der Waals surface area contributed by atoms with E-state index in [1.807, 2.05) is 65.6 Å². The van der Waals surface area contributed by atoms with Gasteiger partial charge in [-0.1, -0.05) is 48.5 Å². The van der Waals surface area contributed by atoms with Crippen LogP contribution in [-0.4, -0.2) is 30.2 Å². The van der Waals surface area contributed by atoms with Gasteiger partial charge in [0.1, 0.15) is 12.4 Å². The van der Waals surface area contributed by atoms with E-state index in [0.29, 0.717) is 18.4 Å². The first-order chi connectivity index (χ1) is 12.3. The number of amides is 1. The van der Waals surface area contributed by atoms with Crippen molar-refractivity contribution < 1.29 is 14.3 Å². The van der Waals surface area contributed by atoms with Gasteiger partial charge >= 0.3 is 6.09 Å². The highest BCUT2D eigenvalue weighted by Crippen LogP contribution is 2.39. The summed E-state index contributed by atoms with van der Waals surface area (Å²) >= 11 is 0. The lowest BCUT2D eigenvalue weighted by molar-refractivity contribution is 0.0986. The van der Waals surface area contributed by atoms with E-state index in [2.05, 4.69) is 0 Å². The zero-order valence-corrected chi connectivity index (χ0v) is 14.2. The van der Waals surface area contributed by atoms with Gasteiger partial charge in [0, 0.05) is 13.1 Å². The number of fused-ring (bicyclic) bond motifs is 1. The Morgan fingerprint density at radius 2 is 1.52 bits per heavy atom. The van der Waals surface area contributed by atoms with Crippen LogP contribution in [0.2, 0.25) is 0 Å². The van der Waals surface area contributed by atoms with Gasteiger partial charge in [0.2, 0.25) is 0 Å². The van der Waals surface area contributed by atoms with Gasteiger partial charge in [-0.3, -0.25) is 0 Å². The molecule has 0 spiro atoms. The second-order valence-corrected chi connectivity index (χ2v) is 6.99. The average molecular weight is 337 g/mol. The smallest absolute Gasteiger partial charge is 0.410 e. The molecule has 3 atom stereocenters. The fourth-order valence-electron chi connectivity index (χ4n) is 3.99. The molecule has 4 heteroatoms. The molecule has 1 saturated carbocycles. The van der Waals surface area contributed by atoms with E-state index < -0.39 is 0 Å². The Bertz CT molecular complexity index is 690. The SMILES string of the molecule is O=C(OCc1ccccc1)N1C[C@H]2CC(Oc3ccccc3)C[C@H]2C1. The van der Waals surface area contributed by atoms with Crippen LogP contribution in [0.4, 0.5) is 4.79 Å². The van der Waals surface area contributed by atoms with Crippen LogP contribution in [0.15, 0.2) is 60.7 Å². The van der Waals surface area contributed by atoms with E-state index in [-0.39, 0.29) is 12.2 Å². The van der Waals surface area contributed by atoms with Gasteiger partial charge in [0.05, 0.1) is 6.10 Å². The summed E-state index contributed by atoms with van der Waals surface area (Å²) < 4.78 is 11.5. The third kappa shape index (κ3) is 3.78. The number of ether oxygens (including phenoxy) is 2. The molecule has 1 unspecified atom stereocenters. The maximum atomic E-state index is 12.3. The van der Waals surface area contributed by atoms with Crippen molar-refractivity contribution in [3.63, 3.8) is 0 Å². The maximum absolute atomic E-state index is 12.3. The van der Waals surface area contributed by atoms with Crippen molar-refractivity contribution in [1.82, 2.24) is 4.90 Å². The number of likely N-dealkylation sites (tertiary alicyclic amines) is 1. The quantitative estimate of drug-likeness (QED) is 0.843. The molecule has 2 aliphatic rings. The molecule has 4 nitrogen and oxygen atoms in total. The molecule has 0 bridgehead atoms. The molecular weight excluding hydrogens is 314 g/mol. The lowest BCUT2D eigenvalue weighted by Gasteiger charge is -2.20. The van der Waals surface area contributed by atoms with Crippen molar-refractivity contribution in [2.45, 2.75) is 25.6 Å². The minimum atomic E-state index is -0.196. The van der Waals surface area contributed by atoms with E-state index in [1.165, 1.54) is 0 Å². The van der Waals surface area contributed by atoms with Crippen LogP contribution in [0.1, 0.15) is 18.4 Å². The standard InChI is InChI=1S/C21H23NO3/c23-21(24-15-16-7-3-1-4-8-16)22-13-17-11-20(12-18(17)14-22)25-19-9-5-2-6-10-19/h1-10,17-18,20H,11-15H2/t17-,18+,20?. The van der Waals surface area contributed by atoms with E-state index in [0.717, 1.165) is 37.2 Å². The summed E-state index contributed by atoms with van der Waals surface area (Å²) in [5.74, 6) is 1.99. The van der Waals surface area contributed by atoms with Crippen LogP contribution >= 0.6 is 0 Å². The van der Waals surface area contributed by atoms with Gasteiger partial charge in [-0.25, -0.2) is 4.79 Å².